The Hall–Kier alpha value is -3.11. The molecule has 208 valence electrons. The summed E-state index contributed by atoms with van der Waals surface area (Å²) < 4.78 is 0. The largest absolute Gasteiger partial charge is 0.367 e. The molecular weight excluding hydrogens is 571 g/mol. The fourth-order valence-corrected chi connectivity index (χ4v) is 6.61. The smallest absolute Gasteiger partial charge is 0.270 e. The van der Waals surface area contributed by atoms with Crippen molar-refractivity contribution < 1.29 is 4.79 Å². The summed E-state index contributed by atoms with van der Waals surface area (Å²) in [6.45, 7) is 9.42. The molecule has 1 aromatic heterocycles. The number of hydrogen-bond donors (Lipinski definition) is 1. The molecule has 12 heteroatoms. The van der Waals surface area contributed by atoms with E-state index in [-0.39, 0.29) is 5.91 Å². The number of likely N-dealkylation sites (N-methyl/N-ethyl adjacent to an activating group) is 1. The van der Waals surface area contributed by atoms with E-state index in [0.29, 0.717) is 69.2 Å². The average Bonchev–Trinajstić information content (AvgIpc) is 3.38. The fourth-order valence-electron chi connectivity index (χ4n) is 5.66. The van der Waals surface area contributed by atoms with Gasteiger partial charge in [-0.2, -0.15) is 4.98 Å². The van der Waals surface area contributed by atoms with Crippen LogP contribution >= 0.6 is 34.8 Å². The summed E-state index contributed by atoms with van der Waals surface area (Å²) in [4.78, 5) is 35.5. The van der Waals surface area contributed by atoms with Gasteiger partial charge in [-0.3, -0.25) is 19.6 Å². The van der Waals surface area contributed by atoms with Gasteiger partial charge < -0.3 is 10.2 Å². The molecule has 9 nitrogen and oxygen atoms in total. The Bertz CT molecular complexity index is 1490. The number of aryl methyl sites for hydroxylation is 1. The molecule has 6 rings (SSSR count). The van der Waals surface area contributed by atoms with E-state index < -0.39 is 0 Å². The molecule has 40 heavy (non-hydrogen) atoms. The molecule has 0 saturated carbocycles. The van der Waals surface area contributed by atoms with Crippen LogP contribution in [0.15, 0.2) is 41.5 Å². The van der Waals surface area contributed by atoms with Crippen LogP contribution in [-0.4, -0.2) is 72.0 Å². The maximum atomic E-state index is 13.7. The summed E-state index contributed by atoms with van der Waals surface area (Å²) in [5.41, 5.74) is 3.61. The lowest BCUT2D eigenvalue weighted by Crippen LogP contribution is -2.55. The van der Waals surface area contributed by atoms with E-state index in [0.717, 1.165) is 30.0 Å². The topological polar surface area (TPSA) is 80.2 Å². The second kappa shape index (κ2) is 10.4. The number of fused-ring (bicyclic) bond motifs is 3. The van der Waals surface area contributed by atoms with Crippen LogP contribution in [0.3, 0.4) is 0 Å². The van der Waals surface area contributed by atoms with E-state index in [4.69, 9.17) is 39.8 Å². The molecule has 1 fully saturated rings. The van der Waals surface area contributed by atoms with Gasteiger partial charge in [0, 0.05) is 43.6 Å². The molecule has 1 N–H and O–H groups in total. The third-order valence-corrected chi connectivity index (χ3v) is 8.72. The first kappa shape index (κ1) is 27.1. The first-order valence-electron chi connectivity index (χ1n) is 13.2. The number of hydrogen-bond acceptors (Lipinski definition) is 8. The Kier molecular flexibility index (Phi) is 7.02. The Labute approximate surface area is 248 Å². The number of guanidine groups is 1. The van der Waals surface area contributed by atoms with Gasteiger partial charge in [0.2, 0.25) is 11.9 Å². The maximum Gasteiger partial charge on any atom is 0.270 e. The highest BCUT2D eigenvalue weighted by molar-refractivity contribution is 6.43. The van der Waals surface area contributed by atoms with Gasteiger partial charge in [-0.1, -0.05) is 40.9 Å². The predicted molar refractivity (Wildman–Crippen MR) is 163 cm³/mol. The van der Waals surface area contributed by atoms with Crippen LogP contribution in [0.1, 0.15) is 29.8 Å². The van der Waals surface area contributed by atoms with Gasteiger partial charge in [-0.25, -0.2) is 9.88 Å². The molecule has 3 aliphatic heterocycles. The third kappa shape index (κ3) is 4.55. The zero-order chi connectivity index (χ0) is 28.3. The molecular formula is C28H29Cl3N8O. The number of amides is 1. The first-order valence-corrected chi connectivity index (χ1v) is 14.3. The number of para-hydroxylation sites is 1. The van der Waals surface area contributed by atoms with Crippen molar-refractivity contribution in [3.05, 3.63) is 62.7 Å². The second-order valence-corrected chi connectivity index (χ2v) is 11.7. The van der Waals surface area contributed by atoms with Gasteiger partial charge >= 0.3 is 0 Å². The molecule has 3 aromatic rings. The highest BCUT2D eigenvalue weighted by Crippen LogP contribution is 2.40. The van der Waals surface area contributed by atoms with Crippen molar-refractivity contribution in [2.24, 2.45) is 4.99 Å². The lowest BCUT2D eigenvalue weighted by Gasteiger charge is -2.44. The number of carbonyl (C=O) groups excluding carboxylic acids is 1. The van der Waals surface area contributed by atoms with Crippen LogP contribution in [0.5, 0.6) is 0 Å². The minimum Gasteiger partial charge on any atom is -0.367 e. The number of aliphatic imine (C=N–C) groups is 1. The van der Waals surface area contributed by atoms with E-state index in [2.05, 4.69) is 52.9 Å². The molecule has 2 aromatic carbocycles. The summed E-state index contributed by atoms with van der Waals surface area (Å²) in [5.74, 6) is 0.938. The van der Waals surface area contributed by atoms with E-state index >= 15 is 0 Å². The van der Waals surface area contributed by atoms with Gasteiger partial charge in [0.15, 0.2) is 5.82 Å². The number of halogens is 3. The van der Waals surface area contributed by atoms with Crippen LogP contribution < -0.4 is 20.0 Å². The second-order valence-electron chi connectivity index (χ2n) is 10.5. The molecule has 0 radical (unpaired) electrons. The summed E-state index contributed by atoms with van der Waals surface area (Å²) in [5, 5.41) is 4.66. The minimum atomic E-state index is -0.340. The summed E-state index contributed by atoms with van der Waals surface area (Å²) >= 11 is 19.8. The third-order valence-electron chi connectivity index (χ3n) is 7.82. The SMILES string of the molecule is Cc1cc(Nc2ncc3c(n2)N2CCN=C2N(c2c(Cl)cccc2Cl)C3=O)cc(Cl)c1N1C[C@@H](C)N(C)[C@@H](C)C1. The van der Waals surface area contributed by atoms with Crippen molar-refractivity contribution in [2.45, 2.75) is 32.9 Å². The first-order chi connectivity index (χ1) is 19.1. The van der Waals surface area contributed by atoms with Crippen LogP contribution in [0.25, 0.3) is 0 Å². The Morgan fingerprint density at radius 1 is 1.00 bits per heavy atom. The fraction of sp³-hybridized carbons (Fsp3) is 0.357. The number of rotatable bonds is 4. The van der Waals surface area contributed by atoms with Crippen molar-refractivity contribution in [3.63, 3.8) is 0 Å². The summed E-state index contributed by atoms with van der Waals surface area (Å²) in [6.07, 6.45) is 1.52. The lowest BCUT2D eigenvalue weighted by molar-refractivity contribution is 0.1000. The van der Waals surface area contributed by atoms with Crippen molar-refractivity contribution in [3.8, 4) is 0 Å². The average molecular weight is 600 g/mol. The van der Waals surface area contributed by atoms with Crippen LogP contribution in [0.4, 0.5) is 28.8 Å². The van der Waals surface area contributed by atoms with Gasteiger partial charge in [-0.15, -0.1) is 0 Å². The minimum absolute atomic E-state index is 0.338. The summed E-state index contributed by atoms with van der Waals surface area (Å²) in [7, 11) is 2.17. The zero-order valence-electron chi connectivity index (χ0n) is 22.6. The van der Waals surface area contributed by atoms with E-state index in [1.54, 1.807) is 18.2 Å². The quantitative estimate of drug-likeness (QED) is 0.403. The molecule has 0 bridgehead atoms. The lowest BCUT2D eigenvalue weighted by atomic mass is 10.1. The molecule has 0 aliphatic carbocycles. The Balaban J connectivity index is 1.30. The highest BCUT2D eigenvalue weighted by atomic mass is 35.5. The number of aromatic nitrogens is 2. The van der Waals surface area contributed by atoms with Crippen molar-refractivity contribution in [1.82, 2.24) is 14.9 Å². The number of piperazine rings is 1. The summed E-state index contributed by atoms with van der Waals surface area (Å²) in [6, 6.07) is 9.91. The van der Waals surface area contributed by atoms with Gasteiger partial charge in [-0.05, 0) is 57.6 Å². The monoisotopic (exact) mass is 598 g/mol. The molecule has 1 amide bonds. The standard InChI is InChI=1S/C28H29Cl3N8O/c1-15-10-18(11-22(31)23(15)37-13-16(2)36(4)17(3)14-37)34-27-33-12-19-25(35-27)38-9-8-32-28(38)39(26(19)40)24-20(29)6-5-7-21(24)30/h5-7,10-12,16-17H,8-9,13-14H2,1-4H3,(H,33,34,35)/t16-,17+. The van der Waals surface area contributed by atoms with E-state index in [1.807, 2.05) is 17.0 Å². The molecule has 2 atom stereocenters. The van der Waals surface area contributed by atoms with E-state index in [9.17, 15) is 4.79 Å². The van der Waals surface area contributed by atoms with Gasteiger partial charge in [0.1, 0.15) is 5.56 Å². The predicted octanol–water partition coefficient (Wildman–Crippen LogP) is 5.85. The number of benzene rings is 2. The highest BCUT2D eigenvalue weighted by Gasteiger charge is 2.41. The molecule has 4 heterocycles. The van der Waals surface area contributed by atoms with Gasteiger partial charge in [0.25, 0.3) is 5.91 Å². The van der Waals surface area contributed by atoms with E-state index in [1.165, 1.54) is 11.1 Å². The normalized spacial score (nSPS) is 20.9. The Morgan fingerprint density at radius 3 is 2.38 bits per heavy atom. The molecule has 0 unspecified atom stereocenters. The number of nitrogens with zero attached hydrogens (tertiary/aromatic N) is 7. The Morgan fingerprint density at radius 2 is 1.70 bits per heavy atom. The number of nitrogens with one attached hydrogen (secondary N) is 1. The molecule has 0 spiro atoms. The maximum absolute atomic E-state index is 13.7. The van der Waals surface area contributed by atoms with Crippen LogP contribution in [0, 0.1) is 6.92 Å². The van der Waals surface area contributed by atoms with Gasteiger partial charge in [0.05, 0.1) is 33.0 Å². The van der Waals surface area contributed by atoms with Crippen LogP contribution in [0.2, 0.25) is 15.1 Å². The number of anilines is 5. The molecule has 3 aliphatic rings. The van der Waals surface area contributed by atoms with Crippen molar-refractivity contribution >= 4 is 75.5 Å². The van der Waals surface area contributed by atoms with Crippen molar-refractivity contribution in [2.75, 3.05) is 53.2 Å². The van der Waals surface area contributed by atoms with Crippen molar-refractivity contribution in [1.29, 1.82) is 0 Å². The zero-order valence-corrected chi connectivity index (χ0v) is 24.9. The number of carbonyl (C=O) groups is 1. The molecule has 1 saturated heterocycles. The van der Waals surface area contributed by atoms with Crippen LogP contribution in [-0.2, 0) is 0 Å².